The number of aliphatic carboxylic acids is 1. The fraction of sp³-hybridized carbons (Fsp3) is 0.435. The first-order chi connectivity index (χ1) is 13.5. The monoisotopic (exact) mass is 384 g/mol. The summed E-state index contributed by atoms with van der Waals surface area (Å²) in [5.41, 5.74) is 0.614. The number of ether oxygens (including phenoxy) is 2. The van der Waals surface area contributed by atoms with Gasteiger partial charge in [0.05, 0.1) is 19.3 Å². The fourth-order valence-electron chi connectivity index (χ4n) is 3.97. The Morgan fingerprint density at radius 2 is 1.61 bits per heavy atom. The standard InChI is InChI=1S/C23H28O5/c1-27-19-9-5-17(6-10-19)13-16-28-20-11-7-18(8-12-20)21(22(24)25)23(26)14-3-2-4-15-23/h5-12,21,26H,2-4,13-16H2,1H3,(H,24,25). The van der Waals surface area contributed by atoms with Gasteiger partial charge in [-0.05, 0) is 48.2 Å². The first kappa shape index (κ1) is 20.2. The highest BCUT2D eigenvalue weighted by Gasteiger charge is 2.43. The van der Waals surface area contributed by atoms with Crippen molar-refractivity contribution in [3.63, 3.8) is 0 Å². The molecule has 1 aliphatic carbocycles. The van der Waals surface area contributed by atoms with Crippen LogP contribution in [0.1, 0.15) is 49.1 Å². The number of hydrogen-bond donors (Lipinski definition) is 2. The average Bonchev–Trinajstić information content (AvgIpc) is 2.70. The van der Waals surface area contributed by atoms with Gasteiger partial charge in [-0.25, -0.2) is 0 Å². The summed E-state index contributed by atoms with van der Waals surface area (Å²) < 4.78 is 10.9. The summed E-state index contributed by atoms with van der Waals surface area (Å²) in [7, 11) is 1.64. The quantitative estimate of drug-likeness (QED) is 0.714. The van der Waals surface area contributed by atoms with Crippen LogP contribution in [0.2, 0.25) is 0 Å². The molecule has 150 valence electrons. The smallest absolute Gasteiger partial charge is 0.313 e. The Labute approximate surface area is 165 Å². The number of methoxy groups -OCH3 is 1. The largest absolute Gasteiger partial charge is 0.497 e. The van der Waals surface area contributed by atoms with Crippen molar-refractivity contribution in [3.05, 3.63) is 59.7 Å². The van der Waals surface area contributed by atoms with E-state index in [1.807, 2.05) is 24.3 Å². The van der Waals surface area contributed by atoms with Crippen molar-refractivity contribution in [1.29, 1.82) is 0 Å². The second kappa shape index (κ2) is 9.11. The third-order valence-corrected chi connectivity index (χ3v) is 5.54. The summed E-state index contributed by atoms with van der Waals surface area (Å²) in [5.74, 6) is -0.358. The van der Waals surface area contributed by atoms with E-state index in [9.17, 15) is 15.0 Å². The van der Waals surface area contributed by atoms with E-state index in [2.05, 4.69) is 0 Å². The summed E-state index contributed by atoms with van der Waals surface area (Å²) in [5, 5.41) is 20.6. The molecule has 0 radical (unpaired) electrons. The second-order valence-electron chi connectivity index (χ2n) is 7.45. The van der Waals surface area contributed by atoms with E-state index < -0.39 is 17.5 Å². The van der Waals surface area contributed by atoms with E-state index in [-0.39, 0.29) is 0 Å². The van der Waals surface area contributed by atoms with Gasteiger partial charge < -0.3 is 19.7 Å². The van der Waals surface area contributed by atoms with Crippen molar-refractivity contribution < 1.29 is 24.5 Å². The fourth-order valence-corrected chi connectivity index (χ4v) is 3.97. The minimum Gasteiger partial charge on any atom is -0.497 e. The van der Waals surface area contributed by atoms with Gasteiger partial charge >= 0.3 is 5.97 Å². The molecular weight excluding hydrogens is 356 g/mol. The molecule has 1 atom stereocenters. The number of carboxylic acids is 1. The molecule has 1 saturated carbocycles. The molecule has 0 aromatic heterocycles. The highest BCUT2D eigenvalue weighted by atomic mass is 16.5. The first-order valence-corrected chi connectivity index (χ1v) is 9.83. The van der Waals surface area contributed by atoms with Gasteiger partial charge in [0.25, 0.3) is 0 Å². The van der Waals surface area contributed by atoms with Crippen LogP contribution < -0.4 is 9.47 Å². The number of aliphatic hydroxyl groups is 1. The Hall–Kier alpha value is -2.53. The minimum atomic E-state index is -1.17. The Balaban J connectivity index is 1.60. The molecule has 2 aromatic rings. The maximum Gasteiger partial charge on any atom is 0.313 e. The highest BCUT2D eigenvalue weighted by Crippen LogP contribution is 2.40. The molecule has 0 heterocycles. The van der Waals surface area contributed by atoms with Crippen LogP contribution in [0.5, 0.6) is 11.5 Å². The number of hydrogen-bond acceptors (Lipinski definition) is 4. The Kier molecular flexibility index (Phi) is 6.57. The summed E-state index contributed by atoms with van der Waals surface area (Å²) in [4.78, 5) is 11.9. The van der Waals surface area contributed by atoms with Gasteiger partial charge in [0, 0.05) is 6.42 Å². The van der Waals surface area contributed by atoms with Crippen molar-refractivity contribution in [2.45, 2.75) is 50.0 Å². The van der Waals surface area contributed by atoms with Crippen LogP contribution in [0.3, 0.4) is 0 Å². The lowest BCUT2D eigenvalue weighted by atomic mass is 9.73. The van der Waals surface area contributed by atoms with Crippen molar-refractivity contribution in [2.24, 2.45) is 0 Å². The van der Waals surface area contributed by atoms with Crippen molar-refractivity contribution in [3.8, 4) is 11.5 Å². The molecule has 0 bridgehead atoms. The molecule has 2 aromatic carbocycles. The van der Waals surface area contributed by atoms with Gasteiger partial charge in [0.15, 0.2) is 0 Å². The average molecular weight is 384 g/mol. The van der Waals surface area contributed by atoms with E-state index in [0.717, 1.165) is 37.0 Å². The topological polar surface area (TPSA) is 76.0 Å². The molecule has 1 unspecified atom stereocenters. The zero-order valence-electron chi connectivity index (χ0n) is 16.3. The van der Waals surface area contributed by atoms with Gasteiger partial charge in [-0.3, -0.25) is 4.79 Å². The van der Waals surface area contributed by atoms with E-state index in [1.165, 1.54) is 0 Å². The molecule has 0 aliphatic heterocycles. The van der Waals surface area contributed by atoms with Gasteiger partial charge in [-0.1, -0.05) is 43.5 Å². The maximum atomic E-state index is 11.9. The van der Waals surface area contributed by atoms with E-state index in [1.54, 1.807) is 31.4 Å². The van der Waals surface area contributed by atoms with Crippen LogP contribution in [0.25, 0.3) is 0 Å². The van der Waals surface area contributed by atoms with Crippen LogP contribution in [0.4, 0.5) is 0 Å². The van der Waals surface area contributed by atoms with Crippen molar-refractivity contribution in [1.82, 2.24) is 0 Å². The highest BCUT2D eigenvalue weighted by molar-refractivity contribution is 5.78. The zero-order valence-corrected chi connectivity index (χ0v) is 16.3. The van der Waals surface area contributed by atoms with Crippen LogP contribution in [0, 0.1) is 0 Å². The van der Waals surface area contributed by atoms with Crippen LogP contribution in [-0.4, -0.2) is 35.5 Å². The maximum absolute atomic E-state index is 11.9. The zero-order chi connectivity index (χ0) is 20.0. The van der Waals surface area contributed by atoms with Gasteiger partial charge in [0.1, 0.15) is 17.4 Å². The molecule has 3 rings (SSSR count). The number of benzene rings is 2. The third kappa shape index (κ3) is 4.84. The number of carbonyl (C=O) groups is 1. The predicted octanol–water partition coefficient (Wildman–Crippen LogP) is 4.18. The van der Waals surface area contributed by atoms with Gasteiger partial charge in [-0.2, -0.15) is 0 Å². The van der Waals surface area contributed by atoms with Crippen molar-refractivity contribution >= 4 is 5.97 Å². The summed E-state index contributed by atoms with van der Waals surface area (Å²) >= 11 is 0. The molecule has 2 N–H and O–H groups in total. The molecule has 5 heteroatoms. The molecule has 0 saturated heterocycles. The van der Waals surface area contributed by atoms with E-state index in [0.29, 0.717) is 30.8 Å². The van der Waals surface area contributed by atoms with Crippen molar-refractivity contribution in [2.75, 3.05) is 13.7 Å². The lowest BCUT2D eigenvalue weighted by molar-refractivity contribution is -0.147. The molecule has 1 aliphatic rings. The minimum absolute atomic E-state index is 0.526. The summed E-state index contributed by atoms with van der Waals surface area (Å²) in [6.45, 7) is 0.526. The number of rotatable bonds is 8. The lowest BCUT2D eigenvalue weighted by Crippen LogP contribution is -2.42. The predicted molar refractivity (Wildman–Crippen MR) is 107 cm³/mol. The normalized spacial score (nSPS) is 16.9. The molecule has 28 heavy (non-hydrogen) atoms. The van der Waals surface area contributed by atoms with Gasteiger partial charge in [0.2, 0.25) is 0 Å². The first-order valence-electron chi connectivity index (χ1n) is 9.83. The Morgan fingerprint density at radius 1 is 1.00 bits per heavy atom. The van der Waals surface area contributed by atoms with Crippen LogP contribution in [0.15, 0.2) is 48.5 Å². The molecule has 0 amide bonds. The van der Waals surface area contributed by atoms with Gasteiger partial charge in [-0.15, -0.1) is 0 Å². The SMILES string of the molecule is COc1ccc(CCOc2ccc(C(C(=O)O)C3(O)CCCCC3)cc2)cc1. The summed E-state index contributed by atoms with van der Waals surface area (Å²) in [6.07, 6.45) is 4.62. The lowest BCUT2D eigenvalue weighted by Gasteiger charge is -2.37. The Morgan fingerprint density at radius 3 is 2.18 bits per heavy atom. The molecule has 0 spiro atoms. The molecular formula is C23H28O5. The van der Waals surface area contributed by atoms with E-state index in [4.69, 9.17) is 9.47 Å². The third-order valence-electron chi connectivity index (χ3n) is 5.54. The Bertz CT molecular complexity index is 761. The van der Waals surface area contributed by atoms with Crippen LogP contribution in [-0.2, 0) is 11.2 Å². The molecule has 5 nitrogen and oxygen atoms in total. The molecule has 1 fully saturated rings. The second-order valence-corrected chi connectivity index (χ2v) is 7.45. The number of carboxylic acid groups (broad SMARTS) is 1. The van der Waals surface area contributed by atoms with Crippen LogP contribution >= 0.6 is 0 Å². The summed E-state index contributed by atoms with van der Waals surface area (Å²) in [6, 6.07) is 14.9. The van der Waals surface area contributed by atoms with E-state index >= 15 is 0 Å².